The highest BCUT2D eigenvalue weighted by Gasteiger charge is 2.23. The van der Waals surface area contributed by atoms with Gasteiger partial charge in [-0.2, -0.15) is 0 Å². The van der Waals surface area contributed by atoms with Gasteiger partial charge in [-0.1, -0.05) is 40.5 Å². The molecule has 3 N–H and O–H groups in total. The number of urea groups is 1. The monoisotopic (exact) mass is 244 g/mol. The van der Waals surface area contributed by atoms with Crippen molar-refractivity contribution in [3.8, 4) is 0 Å². The van der Waals surface area contributed by atoms with E-state index >= 15 is 0 Å². The lowest BCUT2D eigenvalue weighted by atomic mass is 10.0. The van der Waals surface area contributed by atoms with Crippen molar-refractivity contribution in [3.05, 3.63) is 0 Å². The van der Waals surface area contributed by atoms with E-state index in [1.165, 1.54) is 0 Å². The number of aliphatic carboxylic acids is 1. The Bertz CT molecular complexity index is 250. The molecule has 0 aliphatic rings. The predicted octanol–water partition coefficient (Wildman–Crippen LogP) is 1.83. The van der Waals surface area contributed by atoms with Crippen molar-refractivity contribution in [2.24, 2.45) is 11.8 Å². The van der Waals surface area contributed by atoms with Gasteiger partial charge in [-0.05, 0) is 11.8 Å². The Labute approximate surface area is 103 Å². The predicted molar refractivity (Wildman–Crippen MR) is 66.9 cm³/mol. The summed E-state index contributed by atoms with van der Waals surface area (Å²) < 4.78 is 0. The van der Waals surface area contributed by atoms with E-state index in [0.29, 0.717) is 12.5 Å². The second-order valence-corrected chi connectivity index (χ2v) is 4.60. The number of amides is 2. The SMILES string of the molecule is CCC(CC)CNC(=O)NC(C(=O)O)C(C)C. The normalized spacial score (nSPS) is 12.6. The largest absolute Gasteiger partial charge is 0.480 e. The molecule has 1 unspecified atom stereocenters. The van der Waals surface area contributed by atoms with Crippen LogP contribution in [0.25, 0.3) is 0 Å². The van der Waals surface area contributed by atoms with E-state index in [9.17, 15) is 9.59 Å². The molecular formula is C12H24N2O3. The molecule has 0 spiro atoms. The maximum absolute atomic E-state index is 11.5. The second kappa shape index (κ2) is 7.92. The van der Waals surface area contributed by atoms with Crippen molar-refractivity contribution in [3.63, 3.8) is 0 Å². The maximum atomic E-state index is 11.5. The molecule has 0 bridgehead atoms. The first-order valence-electron chi connectivity index (χ1n) is 6.19. The molecule has 0 fully saturated rings. The van der Waals surface area contributed by atoms with Gasteiger partial charge in [0.25, 0.3) is 0 Å². The van der Waals surface area contributed by atoms with Gasteiger partial charge in [-0.15, -0.1) is 0 Å². The van der Waals surface area contributed by atoms with Gasteiger partial charge < -0.3 is 15.7 Å². The first kappa shape index (κ1) is 15.7. The summed E-state index contributed by atoms with van der Waals surface area (Å²) in [6, 6.07) is -1.24. The molecular weight excluding hydrogens is 220 g/mol. The second-order valence-electron chi connectivity index (χ2n) is 4.60. The molecule has 0 aromatic heterocycles. The Kier molecular flexibility index (Phi) is 7.34. The van der Waals surface area contributed by atoms with Crippen LogP contribution in [0.15, 0.2) is 0 Å². The van der Waals surface area contributed by atoms with Crippen molar-refractivity contribution in [1.82, 2.24) is 10.6 Å². The van der Waals surface area contributed by atoms with Crippen molar-refractivity contribution in [2.75, 3.05) is 6.54 Å². The van der Waals surface area contributed by atoms with Crippen LogP contribution in [0.3, 0.4) is 0 Å². The minimum absolute atomic E-state index is 0.133. The first-order valence-corrected chi connectivity index (χ1v) is 6.19. The van der Waals surface area contributed by atoms with Crippen LogP contribution in [0.2, 0.25) is 0 Å². The quantitative estimate of drug-likeness (QED) is 0.639. The van der Waals surface area contributed by atoms with Crippen LogP contribution in [0, 0.1) is 11.8 Å². The van der Waals surface area contributed by atoms with E-state index in [2.05, 4.69) is 24.5 Å². The highest BCUT2D eigenvalue weighted by molar-refractivity contribution is 5.82. The number of carboxylic acid groups (broad SMARTS) is 1. The summed E-state index contributed by atoms with van der Waals surface area (Å²) in [5, 5.41) is 14.1. The highest BCUT2D eigenvalue weighted by atomic mass is 16.4. The zero-order chi connectivity index (χ0) is 13.4. The molecule has 0 heterocycles. The van der Waals surface area contributed by atoms with Gasteiger partial charge in [0.05, 0.1) is 0 Å². The average Bonchev–Trinajstić information content (AvgIpc) is 2.26. The van der Waals surface area contributed by atoms with E-state index in [1.807, 2.05) is 0 Å². The highest BCUT2D eigenvalue weighted by Crippen LogP contribution is 2.05. The zero-order valence-corrected chi connectivity index (χ0v) is 11.1. The molecule has 0 saturated carbocycles. The molecule has 0 rings (SSSR count). The summed E-state index contributed by atoms with van der Waals surface area (Å²) in [4.78, 5) is 22.4. The van der Waals surface area contributed by atoms with E-state index in [-0.39, 0.29) is 5.92 Å². The third-order valence-electron chi connectivity index (χ3n) is 2.93. The number of nitrogens with one attached hydrogen (secondary N) is 2. The van der Waals surface area contributed by atoms with Crippen LogP contribution >= 0.6 is 0 Å². The zero-order valence-electron chi connectivity index (χ0n) is 11.1. The molecule has 5 heteroatoms. The number of hydrogen-bond acceptors (Lipinski definition) is 2. The van der Waals surface area contributed by atoms with Crippen LogP contribution < -0.4 is 10.6 Å². The third-order valence-corrected chi connectivity index (χ3v) is 2.93. The summed E-state index contributed by atoms with van der Waals surface area (Å²) in [6.07, 6.45) is 2.01. The van der Waals surface area contributed by atoms with E-state index < -0.39 is 18.0 Å². The van der Waals surface area contributed by atoms with Crippen LogP contribution in [0.5, 0.6) is 0 Å². The van der Waals surface area contributed by atoms with Gasteiger partial charge in [-0.25, -0.2) is 9.59 Å². The standard InChI is InChI=1S/C12H24N2O3/c1-5-9(6-2)7-13-12(17)14-10(8(3)4)11(15)16/h8-10H,5-7H2,1-4H3,(H,15,16)(H2,13,14,17). The summed E-state index contributed by atoms with van der Waals surface area (Å²) in [5.74, 6) is -0.688. The van der Waals surface area contributed by atoms with Gasteiger partial charge in [0.15, 0.2) is 0 Å². The van der Waals surface area contributed by atoms with E-state index in [4.69, 9.17) is 5.11 Å². The molecule has 0 aliphatic carbocycles. The molecule has 100 valence electrons. The average molecular weight is 244 g/mol. The maximum Gasteiger partial charge on any atom is 0.326 e. The van der Waals surface area contributed by atoms with Gasteiger partial charge in [0, 0.05) is 6.54 Å². The smallest absolute Gasteiger partial charge is 0.326 e. The fraction of sp³-hybridized carbons (Fsp3) is 0.833. The van der Waals surface area contributed by atoms with Crippen LogP contribution in [0.4, 0.5) is 4.79 Å². The van der Waals surface area contributed by atoms with Gasteiger partial charge in [0.2, 0.25) is 0 Å². The number of carbonyl (C=O) groups is 2. The fourth-order valence-electron chi connectivity index (χ4n) is 1.52. The minimum atomic E-state index is -1.00. The molecule has 0 radical (unpaired) electrons. The molecule has 0 aromatic rings. The summed E-state index contributed by atoms with van der Waals surface area (Å²) >= 11 is 0. The molecule has 0 saturated heterocycles. The number of carboxylic acids is 1. The van der Waals surface area contributed by atoms with E-state index in [0.717, 1.165) is 12.8 Å². The molecule has 0 aromatic carbocycles. The number of rotatable bonds is 7. The van der Waals surface area contributed by atoms with Crippen molar-refractivity contribution >= 4 is 12.0 Å². The van der Waals surface area contributed by atoms with Crippen molar-refractivity contribution < 1.29 is 14.7 Å². The van der Waals surface area contributed by atoms with Gasteiger partial charge in [-0.3, -0.25) is 0 Å². The fourth-order valence-corrected chi connectivity index (χ4v) is 1.52. The van der Waals surface area contributed by atoms with Gasteiger partial charge in [0.1, 0.15) is 6.04 Å². The first-order chi connectivity index (χ1) is 7.92. The van der Waals surface area contributed by atoms with Gasteiger partial charge >= 0.3 is 12.0 Å². The molecule has 5 nitrogen and oxygen atoms in total. The van der Waals surface area contributed by atoms with Crippen molar-refractivity contribution in [1.29, 1.82) is 0 Å². The lowest BCUT2D eigenvalue weighted by Crippen LogP contribution is -2.49. The minimum Gasteiger partial charge on any atom is -0.480 e. The van der Waals surface area contributed by atoms with Crippen LogP contribution in [-0.4, -0.2) is 29.7 Å². The lowest BCUT2D eigenvalue weighted by Gasteiger charge is -2.19. The Hall–Kier alpha value is -1.26. The topological polar surface area (TPSA) is 78.4 Å². The number of hydrogen-bond donors (Lipinski definition) is 3. The lowest BCUT2D eigenvalue weighted by molar-refractivity contribution is -0.140. The Morgan fingerprint density at radius 1 is 1.18 bits per heavy atom. The molecule has 0 aliphatic heterocycles. The number of carbonyl (C=O) groups excluding carboxylic acids is 1. The third kappa shape index (κ3) is 6.14. The Morgan fingerprint density at radius 3 is 2.06 bits per heavy atom. The summed E-state index contributed by atoms with van der Waals surface area (Å²) in [5.41, 5.74) is 0. The van der Waals surface area contributed by atoms with Crippen molar-refractivity contribution in [2.45, 2.75) is 46.6 Å². The van der Waals surface area contributed by atoms with E-state index in [1.54, 1.807) is 13.8 Å². The van der Waals surface area contributed by atoms with Crippen LogP contribution in [0.1, 0.15) is 40.5 Å². The van der Waals surface area contributed by atoms with Crippen LogP contribution in [-0.2, 0) is 4.79 Å². The molecule has 17 heavy (non-hydrogen) atoms. The summed E-state index contributed by atoms with van der Waals surface area (Å²) in [6.45, 7) is 8.26. The summed E-state index contributed by atoms with van der Waals surface area (Å²) in [7, 11) is 0. The Balaban J connectivity index is 4.11. The Morgan fingerprint density at radius 2 is 1.71 bits per heavy atom. The molecule has 1 atom stereocenters. The molecule has 2 amide bonds.